The summed E-state index contributed by atoms with van der Waals surface area (Å²) in [6, 6.07) is 3.91. The third-order valence-electron chi connectivity index (χ3n) is 3.39. The van der Waals surface area contributed by atoms with Gasteiger partial charge in [-0.3, -0.25) is 9.55 Å². The predicted octanol–water partition coefficient (Wildman–Crippen LogP) is 3.79. The second-order valence-electron chi connectivity index (χ2n) is 5.67. The van der Waals surface area contributed by atoms with E-state index in [1.165, 1.54) is 19.3 Å². The van der Waals surface area contributed by atoms with Gasteiger partial charge in [-0.1, -0.05) is 33.3 Å². The molecule has 0 unspecified atom stereocenters. The lowest BCUT2D eigenvalue weighted by molar-refractivity contribution is 0.533. The van der Waals surface area contributed by atoms with E-state index < -0.39 is 0 Å². The van der Waals surface area contributed by atoms with Gasteiger partial charge in [-0.2, -0.15) is 0 Å². The normalized spacial score (nSPS) is 10.8. The summed E-state index contributed by atoms with van der Waals surface area (Å²) in [7, 11) is 0. The van der Waals surface area contributed by atoms with E-state index in [0.717, 1.165) is 29.5 Å². The molecule has 1 N–H and O–H groups in total. The van der Waals surface area contributed by atoms with Crippen LogP contribution < -0.4 is 5.32 Å². The Bertz CT molecular complexity index is 557. The van der Waals surface area contributed by atoms with Crippen molar-refractivity contribution < 1.29 is 0 Å². The molecule has 2 aromatic heterocycles. The van der Waals surface area contributed by atoms with Gasteiger partial charge >= 0.3 is 0 Å². The van der Waals surface area contributed by atoms with Gasteiger partial charge in [0.25, 0.3) is 0 Å². The second-order valence-corrected chi connectivity index (χ2v) is 5.67. The Labute approximate surface area is 126 Å². The lowest BCUT2D eigenvalue weighted by atomic mass is 10.1. The van der Waals surface area contributed by atoms with Gasteiger partial charge in [-0.15, -0.1) is 0 Å². The van der Waals surface area contributed by atoms with Gasteiger partial charge in [0.1, 0.15) is 12.1 Å². The van der Waals surface area contributed by atoms with E-state index in [-0.39, 0.29) is 0 Å². The van der Waals surface area contributed by atoms with Gasteiger partial charge in [0.15, 0.2) is 0 Å². The molecular formula is C17H24N4. The van der Waals surface area contributed by atoms with Crippen molar-refractivity contribution in [1.29, 1.82) is 0 Å². The minimum Gasteiger partial charge on any atom is -0.372 e. The molecule has 0 aliphatic rings. The molecule has 21 heavy (non-hydrogen) atoms. The van der Waals surface area contributed by atoms with Crippen molar-refractivity contribution >= 4 is 5.82 Å². The third-order valence-corrected chi connectivity index (χ3v) is 3.39. The molecule has 0 amide bonds. The zero-order valence-corrected chi connectivity index (χ0v) is 12.9. The van der Waals surface area contributed by atoms with Crippen LogP contribution in [-0.4, -0.2) is 21.1 Å². The molecule has 0 spiro atoms. The minimum atomic E-state index is 0.781. The molecule has 0 radical (unpaired) electrons. The number of imidazole rings is 1. The Morgan fingerprint density at radius 2 is 2.24 bits per heavy atom. The van der Waals surface area contributed by atoms with Crippen LogP contribution >= 0.6 is 0 Å². The number of aromatic nitrogens is 3. The molecule has 0 atom stereocenters. The molecule has 0 saturated carbocycles. The number of hydrogen-bond donors (Lipinski definition) is 1. The lowest BCUT2D eigenvalue weighted by Crippen LogP contribution is -2.16. The summed E-state index contributed by atoms with van der Waals surface area (Å²) in [6.07, 6.45) is 11.0. The first-order chi connectivity index (χ1) is 10.2. The topological polar surface area (TPSA) is 42.7 Å². The molecule has 112 valence electrons. The van der Waals surface area contributed by atoms with Crippen molar-refractivity contribution in [2.24, 2.45) is 5.92 Å². The number of unbranched alkanes of at least 4 members (excludes halogenated alkanes) is 1. The Balaban J connectivity index is 1.82. The van der Waals surface area contributed by atoms with Crippen LogP contribution in [0.3, 0.4) is 0 Å². The van der Waals surface area contributed by atoms with Gasteiger partial charge in [0.05, 0.1) is 5.69 Å². The van der Waals surface area contributed by atoms with E-state index in [1.807, 2.05) is 29.1 Å². The molecule has 0 aliphatic heterocycles. The number of hydrogen-bond acceptors (Lipinski definition) is 3. The Morgan fingerprint density at radius 1 is 1.38 bits per heavy atom. The maximum absolute atomic E-state index is 4.40. The van der Waals surface area contributed by atoms with Crippen LogP contribution in [0.4, 0.5) is 0 Å². The van der Waals surface area contributed by atoms with Crippen molar-refractivity contribution in [2.75, 3.05) is 6.54 Å². The van der Waals surface area contributed by atoms with Gasteiger partial charge in [-0.25, -0.2) is 4.98 Å². The van der Waals surface area contributed by atoms with Crippen LogP contribution in [-0.2, 0) is 0 Å². The lowest BCUT2D eigenvalue weighted by Gasteiger charge is -2.10. The Morgan fingerprint density at radius 3 is 2.95 bits per heavy atom. The summed E-state index contributed by atoms with van der Waals surface area (Å²) in [6.45, 7) is 9.53. The van der Waals surface area contributed by atoms with E-state index >= 15 is 0 Å². The summed E-state index contributed by atoms with van der Waals surface area (Å²) in [5.41, 5.74) is 1.92. The van der Waals surface area contributed by atoms with Crippen molar-refractivity contribution in [3.05, 3.63) is 43.6 Å². The van der Waals surface area contributed by atoms with Crippen molar-refractivity contribution in [3.8, 4) is 11.3 Å². The van der Waals surface area contributed by atoms with E-state index in [0.29, 0.717) is 0 Å². The highest BCUT2D eigenvalue weighted by Gasteiger charge is 2.04. The molecule has 2 rings (SSSR count). The number of nitrogens with zero attached hydrogens (tertiary/aromatic N) is 3. The molecule has 2 heterocycles. The smallest absolute Gasteiger partial charge is 0.103 e. The number of pyridine rings is 1. The number of nitrogens with one attached hydrogen (secondary N) is 1. The largest absolute Gasteiger partial charge is 0.372 e. The minimum absolute atomic E-state index is 0.781. The fourth-order valence-electron chi connectivity index (χ4n) is 2.14. The first-order valence-corrected chi connectivity index (χ1v) is 7.54. The molecule has 4 heteroatoms. The molecule has 0 saturated heterocycles. The molecular weight excluding hydrogens is 260 g/mol. The second kappa shape index (κ2) is 7.62. The summed E-state index contributed by atoms with van der Waals surface area (Å²) in [5, 5.41) is 3.35. The molecule has 0 aromatic carbocycles. The molecule has 0 aliphatic carbocycles. The maximum Gasteiger partial charge on any atom is 0.103 e. The zero-order chi connectivity index (χ0) is 15.1. The summed E-state index contributed by atoms with van der Waals surface area (Å²) >= 11 is 0. The zero-order valence-electron chi connectivity index (χ0n) is 12.9. The molecule has 0 bridgehead atoms. The standard InChI is InChI=1S/C17H24N4/c1-14(2)7-4-5-10-19-15(3)21-12-17(20-13-21)16-8-6-9-18-11-16/h6,8-9,11-14,19H,3-5,7,10H2,1-2H3. The van der Waals surface area contributed by atoms with E-state index in [2.05, 4.69) is 35.7 Å². The SMILES string of the molecule is C=C(NCCCCC(C)C)n1cnc(-c2cccnc2)c1. The van der Waals surface area contributed by atoms with Crippen molar-refractivity contribution in [1.82, 2.24) is 19.9 Å². The average Bonchev–Trinajstić information content (AvgIpc) is 2.97. The highest BCUT2D eigenvalue weighted by molar-refractivity contribution is 5.58. The first kappa shape index (κ1) is 15.3. The monoisotopic (exact) mass is 284 g/mol. The number of rotatable bonds is 8. The first-order valence-electron chi connectivity index (χ1n) is 7.54. The van der Waals surface area contributed by atoms with Crippen LogP contribution in [0.5, 0.6) is 0 Å². The maximum atomic E-state index is 4.40. The molecule has 2 aromatic rings. The predicted molar refractivity (Wildman–Crippen MR) is 87.5 cm³/mol. The summed E-state index contributed by atoms with van der Waals surface area (Å²) in [5.74, 6) is 1.64. The summed E-state index contributed by atoms with van der Waals surface area (Å²) in [4.78, 5) is 8.51. The van der Waals surface area contributed by atoms with E-state index in [4.69, 9.17) is 0 Å². The highest BCUT2D eigenvalue weighted by atomic mass is 15.2. The van der Waals surface area contributed by atoms with Gasteiger partial charge in [0, 0.05) is 30.7 Å². The van der Waals surface area contributed by atoms with Gasteiger partial charge < -0.3 is 5.32 Å². The average molecular weight is 284 g/mol. The highest BCUT2D eigenvalue weighted by Crippen LogP contribution is 2.16. The van der Waals surface area contributed by atoms with Crippen LogP contribution in [0, 0.1) is 5.92 Å². The van der Waals surface area contributed by atoms with Crippen molar-refractivity contribution in [3.63, 3.8) is 0 Å². The third kappa shape index (κ3) is 4.74. The molecule has 4 nitrogen and oxygen atoms in total. The summed E-state index contributed by atoms with van der Waals surface area (Å²) < 4.78 is 1.92. The quantitative estimate of drug-likeness (QED) is 0.750. The van der Waals surface area contributed by atoms with Crippen LogP contribution in [0.2, 0.25) is 0 Å². The van der Waals surface area contributed by atoms with Crippen LogP contribution in [0.25, 0.3) is 17.1 Å². The Kier molecular flexibility index (Phi) is 5.55. The molecule has 0 fully saturated rings. The van der Waals surface area contributed by atoms with Gasteiger partial charge in [0.2, 0.25) is 0 Å². The fourth-order valence-corrected chi connectivity index (χ4v) is 2.14. The van der Waals surface area contributed by atoms with Crippen LogP contribution in [0.1, 0.15) is 33.1 Å². The van der Waals surface area contributed by atoms with Crippen LogP contribution in [0.15, 0.2) is 43.6 Å². The Hall–Kier alpha value is -2.10. The fraction of sp³-hybridized carbons (Fsp3) is 0.412. The van der Waals surface area contributed by atoms with Crippen molar-refractivity contribution in [2.45, 2.75) is 33.1 Å². The van der Waals surface area contributed by atoms with E-state index in [9.17, 15) is 0 Å². The van der Waals surface area contributed by atoms with Gasteiger partial charge in [-0.05, 0) is 24.5 Å². The van der Waals surface area contributed by atoms with E-state index in [1.54, 1.807) is 12.5 Å².